The van der Waals surface area contributed by atoms with Gasteiger partial charge in [-0.3, -0.25) is 9.69 Å². The molecule has 0 bridgehead atoms. The molecule has 34 heavy (non-hydrogen) atoms. The zero-order valence-corrected chi connectivity index (χ0v) is 20.9. The molecule has 4 aromatic rings. The topological polar surface area (TPSA) is 71.5 Å². The van der Waals surface area contributed by atoms with Crippen LogP contribution in [0.1, 0.15) is 45.0 Å². The van der Waals surface area contributed by atoms with Gasteiger partial charge >= 0.3 is 5.97 Å². The number of anilines is 1. The largest absolute Gasteiger partial charge is 0.465 e. The van der Waals surface area contributed by atoms with Gasteiger partial charge in [0.15, 0.2) is 0 Å². The summed E-state index contributed by atoms with van der Waals surface area (Å²) in [6.45, 7) is 5.97. The summed E-state index contributed by atoms with van der Waals surface area (Å²) in [5.74, 6) is -0.675. The second-order valence-corrected chi connectivity index (χ2v) is 10.6. The van der Waals surface area contributed by atoms with Crippen LogP contribution in [0.5, 0.6) is 0 Å². The molecule has 0 radical (unpaired) electrons. The molecule has 4 heterocycles. The minimum absolute atomic E-state index is 0.263. The molecule has 6 nitrogen and oxygen atoms in total. The van der Waals surface area contributed by atoms with E-state index in [4.69, 9.17) is 9.72 Å². The van der Waals surface area contributed by atoms with Crippen LogP contribution in [0.3, 0.4) is 0 Å². The van der Waals surface area contributed by atoms with E-state index in [1.165, 1.54) is 18.4 Å². The van der Waals surface area contributed by atoms with Gasteiger partial charge in [-0.2, -0.15) is 0 Å². The van der Waals surface area contributed by atoms with Crippen LogP contribution in [-0.4, -0.2) is 41.5 Å². The quantitative estimate of drug-likeness (QED) is 0.356. The molecule has 1 aliphatic heterocycles. The van der Waals surface area contributed by atoms with Gasteiger partial charge in [-0.05, 0) is 49.4 Å². The van der Waals surface area contributed by atoms with E-state index in [0.717, 1.165) is 51.4 Å². The number of aromatic nitrogens is 1. The third kappa shape index (κ3) is 4.13. The average Bonchev–Trinajstić information content (AvgIpc) is 3.50. The average molecular weight is 492 g/mol. The van der Waals surface area contributed by atoms with Crippen molar-refractivity contribution in [1.29, 1.82) is 0 Å². The fourth-order valence-electron chi connectivity index (χ4n) is 4.35. The summed E-state index contributed by atoms with van der Waals surface area (Å²) < 4.78 is 5.10. The zero-order valence-electron chi connectivity index (χ0n) is 19.3. The highest BCUT2D eigenvalue weighted by molar-refractivity contribution is 7.17. The molecule has 174 valence electrons. The lowest BCUT2D eigenvalue weighted by molar-refractivity contribution is 0.0600. The van der Waals surface area contributed by atoms with Gasteiger partial charge in [-0.1, -0.05) is 24.3 Å². The van der Waals surface area contributed by atoms with Crippen LogP contribution in [0.4, 0.5) is 5.00 Å². The summed E-state index contributed by atoms with van der Waals surface area (Å²) >= 11 is 3.05. The Kier molecular flexibility index (Phi) is 6.20. The van der Waals surface area contributed by atoms with Gasteiger partial charge in [0, 0.05) is 29.4 Å². The minimum atomic E-state index is -0.412. The number of carbonyl (C=O) groups excluding carboxylic acids is 2. The first-order valence-corrected chi connectivity index (χ1v) is 12.9. The molecule has 0 saturated heterocycles. The standard InChI is InChI=1S/C26H25N3O3S2/c1-15(2)29-11-10-17-22(14-29)34-25(23(17)26(31)32-3)28-24(30)18-13-20(21-9-6-12-33-21)27-19-8-5-4-7-16(18)19/h4-9,12-13,15H,10-11,14H2,1-3H3,(H,28,30). The molecule has 1 N–H and O–H groups in total. The van der Waals surface area contributed by atoms with Crippen molar-refractivity contribution in [2.24, 2.45) is 0 Å². The highest BCUT2D eigenvalue weighted by Crippen LogP contribution is 2.38. The van der Waals surface area contributed by atoms with Gasteiger partial charge in [-0.25, -0.2) is 9.78 Å². The number of rotatable bonds is 5. The van der Waals surface area contributed by atoms with Gasteiger partial charge in [-0.15, -0.1) is 22.7 Å². The predicted molar refractivity (Wildman–Crippen MR) is 138 cm³/mol. The van der Waals surface area contributed by atoms with Gasteiger partial charge in [0.2, 0.25) is 0 Å². The SMILES string of the molecule is COC(=O)c1c(NC(=O)c2cc(-c3cccs3)nc3ccccc23)sc2c1CCN(C(C)C)C2. The van der Waals surface area contributed by atoms with Gasteiger partial charge in [0.25, 0.3) is 5.91 Å². The highest BCUT2D eigenvalue weighted by atomic mass is 32.1. The lowest BCUT2D eigenvalue weighted by Gasteiger charge is -2.30. The molecule has 0 saturated carbocycles. The van der Waals surface area contributed by atoms with E-state index in [-0.39, 0.29) is 5.91 Å². The Labute approximate surface area is 206 Å². The summed E-state index contributed by atoms with van der Waals surface area (Å²) in [6.07, 6.45) is 0.755. The van der Waals surface area contributed by atoms with E-state index < -0.39 is 5.97 Å². The number of amides is 1. The van der Waals surface area contributed by atoms with Crippen molar-refractivity contribution in [1.82, 2.24) is 9.88 Å². The van der Waals surface area contributed by atoms with Crippen LogP contribution >= 0.6 is 22.7 Å². The monoisotopic (exact) mass is 491 g/mol. The van der Waals surface area contributed by atoms with Crippen molar-refractivity contribution in [2.45, 2.75) is 32.9 Å². The van der Waals surface area contributed by atoms with Crippen molar-refractivity contribution >= 4 is 50.5 Å². The molecule has 0 spiro atoms. The number of hydrogen-bond acceptors (Lipinski definition) is 7. The van der Waals surface area contributed by atoms with E-state index >= 15 is 0 Å². The third-order valence-corrected chi connectivity index (χ3v) is 8.19. The van der Waals surface area contributed by atoms with Crippen molar-refractivity contribution in [2.75, 3.05) is 19.0 Å². The summed E-state index contributed by atoms with van der Waals surface area (Å²) in [7, 11) is 1.38. The minimum Gasteiger partial charge on any atom is -0.465 e. The zero-order chi connectivity index (χ0) is 23.8. The number of carbonyl (C=O) groups is 2. The highest BCUT2D eigenvalue weighted by Gasteiger charge is 2.30. The number of thiophene rings is 2. The van der Waals surface area contributed by atoms with Gasteiger partial charge in [0.05, 0.1) is 34.3 Å². The summed E-state index contributed by atoms with van der Waals surface area (Å²) in [6, 6.07) is 13.8. The normalized spacial score (nSPS) is 13.8. The Morgan fingerprint density at radius 2 is 2.00 bits per heavy atom. The molecule has 3 aromatic heterocycles. The van der Waals surface area contributed by atoms with Crippen LogP contribution in [0, 0.1) is 0 Å². The molecule has 8 heteroatoms. The van der Waals surface area contributed by atoms with Crippen molar-refractivity contribution in [3.63, 3.8) is 0 Å². The number of ether oxygens (including phenoxy) is 1. The molecule has 5 rings (SSSR count). The van der Waals surface area contributed by atoms with Crippen molar-refractivity contribution in [3.05, 3.63) is 69.4 Å². The number of pyridine rings is 1. The second kappa shape index (κ2) is 9.29. The molecule has 1 aliphatic rings. The Bertz CT molecular complexity index is 1380. The summed E-state index contributed by atoms with van der Waals surface area (Å²) in [4.78, 5) is 35.6. The fourth-order valence-corrected chi connectivity index (χ4v) is 6.30. The van der Waals surface area contributed by atoms with E-state index in [1.54, 1.807) is 11.3 Å². The summed E-state index contributed by atoms with van der Waals surface area (Å²) in [5.41, 5.74) is 3.51. The number of nitrogens with zero attached hydrogens (tertiary/aromatic N) is 2. The van der Waals surface area contributed by atoms with Crippen molar-refractivity contribution in [3.8, 4) is 10.6 Å². The summed E-state index contributed by atoms with van der Waals surface area (Å²) in [5, 5.41) is 6.35. The number of para-hydroxylation sites is 1. The van der Waals surface area contributed by atoms with E-state index in [2.05, 4.69) is 24.1 Å². The molecule has 1 aromatic carbocycles. The molecule has 0 atom stereocenters. The number of hydrogen-bond donors (Lipinski definition) is 1. The first-order chi connectivity index (χ1) is 16.5. The van der Waals surface area contributed by atoms with Crippen LogP contribution in [0.15, 0.2) is 47.8 Å². The van der Waals surface area contributed by atoms with E-state index in [0.29, 0.717) is 22.2 Å². The maximum atomic E-state index is 13.6. The van der Waals surface area contributed by atoms with Gasteiger partial charge in [0.1, 0.15) is 5.00 Å². The van der Waals surface area contributed by atoms with Crippen LogP contribution in [0.25, 0.3) is 21.5 Å². The first kappa shape index (κ1) is 22.7. The smallest absolute Gasteiger partial charge is 0.341 e. The lowest BCUT2D eigenvalue weighted by atomic mass is 10.0. The maximum Gasteiger partial charge on any atom is 0.341 e. The number of nitrogens with one attached hydrogen (secondary N) is 1. The molecular weight excluding hydrogens is 466 g/mol. The molecular formula is C26H25N3O3S2. The van der Waals surface area contributed by atoms with Crippen LogP contribution < -0.4 is 5.32 Å². The van der Waals surface area contributed by atoms with Crippen LogP contribution in [0.2, 0.25) is 0 Å². The number of methoxy groups -OCH3 is 1. The first-order valence-electron chi connectivity index (χ1n) is 11.2. The van der Waals surface area contributed by atoms with Crippen molar-refractivity contribution < 1.29 is 14.3 Å². The van der Waals surface area contributed by atoms with Crippen LogP contribution in [-0.2, 0) is 17.7 Å². The van der Waals surface area contributed by atoms with Gasteiger partial charge < -0.3 is 10.1 Å². The Morgan fingerprint density at radius 3 is 2.74 bits per heavy atom. The van der Waals surface area contributed by atoms with E-state index in [9.17, 15) is 9.59 Å². The Hall–Kier alpha value is -3.07. The molecule has 0 fully saturated rings. The Morgan fingerprint density at radius 1 is 1.18 bits per heavy atom. The maximum absolute atomic E-state index is 13.6. The predicted octanol–water partition coefficient (Wildman–Crippen LogP) is 5.83. The number of benzene rings is 1. The second-order valence-electron chi connectivity index (χ2n) is 8.52. The fraction of sp³-hybridized carbons (Fsp3) is 0.269. The Balaban J connectivity index is 1.56. The molecule has 0 unspecified atom stereocenters. The number of fused-ring (bicyclic) bond motifs is 2. The molecule has 0 aliphatic carbocycles. The molecule has 1 amide bonds. The number of esters is 1. The third-order valence-electron chi connectivity index (χ3n) is 6.17. The van der Waals surface area contributed by atoms with E-state index in [1.807, 2.05) is 47.8 Å². The lowest BCUT2D eigenvalue weighted by Crippen LogP contribution is -2.35.